The highest BCUT2D eigenvalue weighted by molar-refractivity contribution is 6.33. The van der Waals surface area contributed by atoms with E-state index in [0.717, 1.165) is 11.8 Å². The number of halogens is 1. The predicted octanol–water partition coefficient (Wildman–Crippen LogP) is 3.35. The second kappa shape index (κ2) is 7.60. The van der Waals surface area contributed by atoms with Crippen LogP contribution in [-0.2, 0) is 6.54 Å². The summed E-state index contributed by atoms with van der Waals surface area (Å²) in [6, 6.07) is 8.30. The molecule has 8 nitrogen and oxygen atoms in total. The van der Waals surface area contributed by atoms with Gasteiger partial charge < -0.3 is 15.5 Å². The van der Waals surface area contributed by atoms with E-state index < -0.39 is 4.92 Å². The van der Waals surface area contributed by atoms with Gasteiger partial charge in [-0.1, -0.05) is 23.7 Å². The number of nitrogens with zero attached hydrogens (tertiary/aromatic N) is 3. The molecule has 1 aromatic carbocycles. The number of nitro groups is 1. The number of hydrogen-bond donors (Lipinski definition) is 2. The van der Waals surface area contributed by atoms with E-state index in [2.05, 4.69) is 15.6 Å². The first-order chi connectivity index (χ1) is 11.4. The number of carbonyl (C=O) groups excluding carboxylic acids is 1. The van der Waals surface area contributed by atoms with Crippen LogP contribution < -0.4 is 10.6 Å². The molecule has 126 valence electrons. The van der Waals surface area contributed by atoms with E-state index in [1.165, 1.54) is 11.0 Å². The molecule has 0 bridgehead atoms. The van der Waals surface area contributed by atoms with Crippen molar-refractivity contribution < 1.29 is 9.72 Å². The fourth-order valence-corrected chi connectivity index (χ4v) is 2.07. The van der Waals surface area contributed by atoms with Gasteiger partial charge in [0.15, 0.2) is 0 Å². The summed E-state index contributed by atoms with van der Waals surface area (Å²) in [6.45, 7) is 0.399. The maximum atomic E-state index is 11.7. The average molecular weight is 350 g/mol. The van der Waals surface area contributed by atoms with Crippen LogP contribution in [0.25, 0.3) is 0 Å². The highest BCUT2D eigenvalue weighted by Crippen LogP contribution is 2.24. The summed E-state index contributed by atoms with van der Waals surface area (Å²) < 4.78 is 0. The van der Waals surface area contributed by atoms with Crippen molar-refractivity contribution in [2.24, 2.45) is 0 Å². The number of aromatic nitrogens is 1. The van der Waals surface area contributed by atoms with E-state index in [-0.39, 0.29) is 16.7 Å². The van der Waals surface area contributed by atoms with Crippen LogP contribution in [0.5, 0.6) is 0 Å². The van der Waals surface area contributed by atoms with Crippen molar-refractivity contribution >= 4 is 34.8 Å². The Hall–Kier alpha value is -2.87. The van der Waals surface area contributed by atoms with E-state index >= 15 is 0 Å². The van der Waals surface area contributed by atoms with Crippen LogP contribution in [0.4, 0.5) is 22.0 Å². The van der Waals surface area contributed by atoms with Crippen LogP contribution in [0.15, 0.2) is 36.5 Å². The largest absolute Gasteiger partial charge is 0.365 e. The third-order valence-corrected chi connectivity index (χ3v) is 3.37. The summed E-state index contributed by atoms with van der Waals surface area (Å²) in [5, 5.41) is 16.6. The third-order valence-electron chi connectivity index (χ3n) is 3.08. The number of benzene rings is 1. The summed E-state index contributed by atoms with van der Waals surface area (Å²) >= 11 is 5.98. The van der Waals surface area contributed by atoms with Gasteiger partial charge in [0, 0.05) is 32.4 Å². The lowest BCUT2D eigenvalue weighted by atomic mass is 10.2. The van der Waals surface area contributed by atoms with Gasteiger partial charge in [-0.15, -0.1) is 0 Å². The van der Waals surface area contributed by atoms with E-state index in [1.807, 2.05) is 18.2 Å². The second-order valence-corrected chi connectivity index (χ2v) is 5.57. The number of nitrogens with one attached hydrogen (secondary N) is 2. The molecule has 2 aromatic rings. The lowest BCUT2D eigenvalue weighted by molar-refractivity contribution is -0.385. The molecule has 24 heavy (non-hydrogen) atoms. The number of amides is 2. The maximum Gasteiger partial charge on any atom is 0.321 e. The van der Waals surface area contributed by atoms with Crippen molar-refractivity contribution in [3.8, 4) is 0 Å². The minimum absolute atomic E-state index is 0.168. The Labute approximate surface area is 143 Å². The fourth-order valence-electron chi connectivity index (χ4n) is 1.84. The zero-order valence-corrected chi connectivity index (χ0v) is 13.9. The van der Waals surface area contributed by atoms with Crippen LogP contribution >= 0.6 is 11.6 Å². The minimum Gasteiger partial charge on any atom is -0.365 e. The van der Waals surface area contributed by atoms with Crippen LogP contribution in [-0.4, -0.2) is 34.9 Å². The van der Waals surface area contributed by atoms with Crippen LogP contribution in [0.3, 0.4) is 0 Å². The van der Waals surface area contributed by atoms with E-state index in [0.29, 0.717) is 18.1 Å². The Bertz CT molecular complexity index is 767. The first-order valence-electron chi connectivity index (χ1n) is 6.98. The Balaban J connectivity index is 2.04. The van der Waals surface area contributed by atoms with Crippen molar-refractivity contribution in [1.82, 2.24) is 9.88 Å². The van der Waals surface area contributed by atoms with Crippen molar-refractivity contribution in [3.05, 3.63) is 57.2 Å². The zero-order chi connectivity index (χ0) is 17.7. The number of rotatable bonds is 5. The summed E-state index contributed by atoms with van der Waals surface area (Å²) in [5.41, 5.74) is 1.39. The molecule has 1 heterocycles. The lowest BCUT2D eigenvalue weighted by Gasteiger charge is -2.13. The highest BCUT2D eigenvalue weighted by atomic mass is 35.5. The molecule has 2 amide bonds. The molecule has 0 aliphatic rings. The molecule has 0 fully saturated rings. The van der Waals surface area contributed by atoms with E-state index in [1.54, 1.807) is 20.2 Å². The molecule has 0 spiro atoms. The SMILES string of the molecule is CN(C)C(=O)Nc1cccc(CNc2ncc([N+](=O)[O-])cc2Cl)c1. The Morgan fingerprint density at radius 3 is 2.75 bits per heavy atom. The Kier molecular flexibility index (Phi) is 5.54. The van der Waals surface area contributed by atoms with Gasteiger partial charge in [0.25, 0.3) is 5.69 Å². The molecule has 1 aromatic heterocycles. The fraction of sp³-hybridized carbons (Fsp3) is 0.200. The summed E-state index contributed by atoms with van der Waals surface area (Å²) in [4.78, 5) is 27.1. The highest BCUT2D eigenvalue weighted by Gasteiger charge is 2.11. The molecular formula is C15H16ClN5O3. The molecule has 0 aliphatic carbocycles. The quantitative estimate of drug-likeness (QED) is 0.636. The van der Waals surface area contributed by atoms with Gasteiger partial charge in [-0.25, -0.2) is 9.78 Å². The predicted molar refractivity (Wildman–Crippen MR) is 92.4 cm³/mol. The monoisotopic (exact) mass is 349 g/mol. The number of pyridine rings is 1. The second-order valence-electron chi connectivity index (χ2n) is 5.16. The van der Waals surface area contributed by atoms with Crippen LogP contribution in [0.1, 0.15) is 5.56 Å². The van der Waals surface area contributed by atoms with Gasteiger partial charge in [0.2, 0.25) is 0 Å². The average Bonchev–Trinajstić information content (AvgIpc) is 2.53. The van der Waals surface area contributed by atoms with Crippen molar-refractivity contribution in [1.29, 1.82) is 0 Å². The molecule has 0 unspecified atom stereocenters. The summed E-state index contributed by atoms with van der Waals surface area (Å²) in [6.07, 6.45) is 1.14. The van der Waals surface area contributed by atoms with Crippen molar-refractivity contribution in [3.63, 3.8) is 0 Å². The smallest absolute Gasteiger partial charge is 0.321 e. The molecule has 0 saturated carbocycles. The minimum atomic E-state index is -0.556. The van der Waals surface area contributed by atoms with Gasteiger partial charge in [-0.3, -0.25) is 10.1 Å². The molecule has 0 radical (unpaired) electrons. The van der Waals surface area contributed by atoms with Gasteiger partial charge in [-0.05, 0) is 17.7 Å². The molecule has 2 N–H and O–H groups in total. The third kappa shape index (κ3) is 4.56. The first kappa shape index (κ1) is 17.5. The normalized spacial score (nSPS) is 10.1. The van der Waals surface area contributed by atoms with E-state index in [4.69, 9.17) is 11.6 Å². The standard InChI is InChI=1S/C15H16ClN5O3/c1-20(2)15(22)19-11-5-3-4-10(6-11)8-17-14-13(16)7-12(9-18-14)21(23)24/h3-7,9H,8H2,1-2H3,(H,17,18)(H,19,22). The van der Waals surface area contributed by atoms with Gasteiger partial charge in [0.05, 0.1) is 9.95 Å². The Morgan fingerprint density at radius 2 is 2.12 bits per heavy atom. The molecule has 2 rings (SSSR count). The molecule has 0 aliphatic heterocycles. The zero-order valence-electron chi connectivity index (χ0n) is 13.1. The molecule has 0 saturated heterocycles. The van der Waals surface area contributed by atoms with Gasteiger partial charge in [0.1, 0.15) is 12.0 Å². The van der Waals surface area contributed by atoms with Gasteiger partial charge >= 0.3 is 6.03 Å². The van der Waals surface area contributed by atoms with Crippen molar-refractivity contribution in [2.45, 2.75) is 6.54 Å². The van der Waals surface area contributed by atoms with Crippen LogP contribution in [0.2, 0.25) is 5.02 Å². The Morgan fingerprint density at radius 1 is 1.38 bits per heavy atom. The van der Waals surface area contributed by atoms with Crippen molar-refractivity contribution in [2.75, 3.05) is 24.7 Å². The number of urea groups is 1. The first-order valence-corrected chi connectivity index (χ1v) is 7.35. The van der Waals surface area contributed by atoms with Crippen LogP contribution in [0, 0.1) is 10.1 Å². The van der Waals surface area contributed by atoms with Gasteiger partial charge in [-0.2, -0.15) is 0 Å². The number of carbonyl (C=O) groups is 1. The van der Waals surface area contributed by atoms with E-state index in [9.17, 15) is 14.9 Å². The lowest BCUT2D eigenvalue weighted by Crippen LogP contribution is -2.27. The number of hydrogen-bond acceptors (Lipinski definition) is 5. The molecule has 9 heteroatoms. The topological polar surface area (TPSA) is 100 Å². The summed E-state index contributed by atoms with van der Waals surface area (Å²) in [5.74, 6) is 0.352. The molecular weight excluding hydrogens is 334 g/mol. The number of anilines is 2. The molecule has 0 atom stereocenters. The summed E-state index contributed by atoms with van der Waals surface area (Å²) in [7, 11) is 3.31. The maximum absolute atomic E-state index is 11.7.